The van der Waals surface area contributed by atoms with E-state index in [2.05, 4.69) is 5.10 Å². The van der Waals surface area contributed by atoms with Crippen molar-refractivity contribution in [2.24, 2.45) is 10.9 Å². The zero-order valence-electron chi connectivity index (χ0n) is 6.70. The Hall–Kier alpha value is -0.690. The number of hydrogen-bond donors (Lipinski definition) is 5. The van der Waals surface area contributed by atoms with E-state index in [-0.39, 0.29) is 0 Å². The van der Waals surface area contributed by atoms with E-state index in [9.17, 15) is 0 Å². The molecular formula is C6H14N2O4. The molecule has 4 atom stereocenters. The van der Waals surface area contributed by atoms with E-state index in [4.69, 9.17) is 26.3 Å². The van der Waals surface area contributed by atoms with Gasteiger partial charge < -0.3 is 26.3 Å². The highest BCUT2D eigenvalue weighted by Crippen LogP contribution is 2.02. The highest BCUT2D eigenvalue weighted by Gasteiger charge is 2.26. The number of hydrogen-bond acceptors (Lipinski definition) is 6. The second-order valence-electron chi connectivity index (χ2n) is 2.51. The summed E-state index contributed by atoms with van der Waals surface area (Å²) in [5.74, 6) is 4.70. The van der Waals surface area contributed by atoms with Crippen LogP contribution in [0.3, 0.4) is 0 Å². The molecule has 12 heavy (non-hydrogen) atoms. The Kier molecular flexibility index (Phi) is 4.75. The summed E-state index contributed by atoms with van der Waals surface area (Å²) in [5, 5.41) is 38.9. The summed E-state index contributed by atoms with van der Waals surface area (Å²) >= 11 is 0. The molecule has 0 saturated carbocycles. The molecule has 0 aromatic heterocycles. The highest BCUT2D eigenvalue weighted by atomic mass is 16.4. The topological polar surface area (TPSA) is 119 Å². The third kappa shape index (κ3) is 3.14. The molecule has 0 rings (SSSR count). The maximum absolute atomic E-state index is 9.08. The summed E-state index contributed by atoms with van der Waals surface area (Å²) in [7, 11) is 0. The Labute approximate surface area is 69.9 Å². The van der Waals surface area contributed by atoms with Crippen LogP contribution in [0.2, 0.25) is 0 Å². The van der Waals surface area contributed by atoms with Crippen molar-refractivity contribution in [3.63, 3.8) is 0 Å². The van der Waals surface area contributed by atoms with Crippen molar-refractivity contribution in [3.8, 4) is 0 Å². The van der Waals surface area contributed by atoms with Crippen molar-refractivity contribution in [1.29, 1.82) is 0 Å². The summed E-state index contributed by atoms with van der Waals surface area (Å²) in [5.41, 5.74) is 0. The van der Waals surface area contributed by atoms with Gasteiger partial charge in [-0.05, 0) is 6.92 Å². The lowest BCUT2D eigenvalue weighted by Crippen LogP contribution is -2.44. The number of aliphatic hydroxyl groups excluding tert-OH is 4. The molecule has 0 aliphatic carbocycles. The Morgan fingerprint density at radius 2 is 1.67 bits per heavy atom. The fourth-order valence-corrected chi connectivity index (χ4v) is 0.664. The van der Waals surface area contributed by atoms with Gasteiger partial charge >= 0.3 is 0 Å². The van der Waals surface area contributed by atoms with Gasteiger partial charge in [0.2, 0.25) is 0 Å². The maximum atomic E-state index is 9.08. The van der Waals surface area contributed by atoms with Gasteiger partial charge in [0.25, 0.3) is 0 Å². The van der Waals surface area contributed by atoms with Crippen molar-refractivity contribution in [2.45, 2.75) is 31.3 Å². The third-order valence-electron chi connectivity index (χ3n) is 1.43. The minimum Gasteiger partial charge on any atom is -0.391 e. The first-order chi connectivity index (χ1) is 5.50. The molecular weight excluding hydrogens is 164 g/mol. The van der Waals surface area contributed by atoms with Crippen LogP contribution in [0, 0.1) is 0 Å². The quantitative estimate of drug-likeness (QED) is 0.184. The fraction of sp³-hybridized carbons (Fsp3) is 0.833. The molecule has 72 valence electrons. The molecule has 0 amide bonds. The van der Waals surface area contributed by atoms with E-state index in [1.54, 1.807) is 0 Å². The van der Waals surface area contributed by atoms with Crippen LogP contribution in [0.5, 0.6) is 0 Å². The summed E-state index contributed by atoms with van der Waals surface area (Å²) in [6.45, 7) is 1.29. The van der Waals surface area contributed by atoms with Crippen molar-refractivity contribution in [3.05, 3.63) is 0 Å². The highest BCUT2D eigenvalue weighted by molar-refractivity contribution is 5.63. The van der Waals surface area contributed by atoms with E-state index < -0.39 is 24.4 Å². The van der Waals surface area contributed by atoms with Crippen LogP contribution < -0.4 is 5.84 Å². The lowest BCUT2D eigenvalue weighted by Gasteiger charge is -2.22. The van der Waals surface area contributed by atoms with E-state index in [1.807, 2.05) is 0 Å². The summed E-state index contributed by atoms with van der Waals surface area (Å²) < 4.78 is 0. The van der Waals surface area contributed by atoms with Crippen LogP contribution >= 0.6 is 0 Å². The molecule has 0 aliphatic rings. The fourth-order valence-electron chi connectivity index (χ4n) is 0.664. The summed E-state index contributed by atoms with van der Waals surface area (Å²) in [6, 6.07) is 0. The zero-order valence-corrected chi connectivity index (χ0v) is 6.70. The van der Waals surface area contributed by atoms with Gasteiger partial charge in [-0.1, -0.05) is 0 Å². The van der Waals surface area contributed by atoms with Crippen LogP contribution in [0.25, 0.3) is 0 Å². The smallest absolute Gasteiger partial charge is 0.119 e. The molecule has 0 heterocycles. The lowest BCUT2D eigenvalue weighted by atomic mass is 10.1. The van der Waals surface area contributed by atoms with Gasteiger partial charge in [0.15, 0.2) is 0 Å². The molecule has 6 heteroatoms. The zero-order chi connectivity index (χ0) is 9.72. The summed E-state index contributed by atoms with van der Waals surface area (Å²) in [4.78, 5) is 0. The van der Waals surface area contributed by atoms with Gasteiger partial charge in [-0.3, -0.25) is 0 Å². The second kappa shape index (κ2) is 5.04. The largest absolute Gasteiger partial charge is 0.391 e. The Balaban J connectivity index is 4.08. The Morgan fingerprint density at radius 3 is 2.00 bits per heavy atom. The number of nitrogens with zero attached hydrogens (tertiary/aromatic N) is 1. The third-order valence-corrected chi connectivity index (χ3v) is 1.43. The van der Waals surface area contributed by atoms with Crippen LogP contribution in [0.4, 0.5) is 0 Å². The van der Waals surface area contributed by atoms with Gasteiger partial charge in [-0.2, -0.15) is 5.10 Å². The maximum Gasteiger partial charge on any atom is 0.119 e. The average molecular weight is 178 g/mol. The van der Waals surface area contributed by atoms with E-state index in [0.29, 0.717) is 0 Å². The minimum atomic E-state index is -1.49. The molecule has 0 fully saturated rings. The molecule has 0 aromatic rings. The Morgan fingerprint density at radius 1 is 1.17 bits per heavy atom. The molecule has 0 aliphatic heterocycles. The first-order valence-corrected chi connectivity index (χ1v) is 3.46. The minimum absolute atomic E-state index is 0.871. The van der Waals surface area contributed by atoms with Crippen molar-refractivity contribution >= 4 is 6.21 Å². The molecule has 0 aromatic carbocycles. The van der Waals surface area contributed by atoms with Gasteiger partial charge in [0.05, 0.1) is 12.3 Å². The van der Waals surface area contributed by atoms with Gasteiger partial charge in [0, 0.05) is 0 Å². The molecule has 6 N–H and O–H groups in total. The molecule has 6 nitrogen and oxygen atoms in total. The molecule has 0 bridgehead atoms. The standard InChI is InChI=1S/C6H14N2O4/c1-3(9)5(11)6(12)4(10)2-8-7/h2-6,9-12H,7H2,1H3/b8-2+/t3-,4+,5+,6-/m0/s1. The van der Waals surface area contributed by atoms with Crippen molar-refractivity contribution in [1.82, 2.24) is 0 Å². The van der Waals surface area contributed by atoms with E-state index in [1.165, 1.54) is 6.92 Å². The lowest BCUT2D eigenvalue weighted by molar-refractivity contribution is -0.0821. The van der Waals surface area contributed by atoms with Crippen LogP contribution in [-0.2, 0) is 0 Å². The Bertz CT molecular complexity index is 150. The average Bonchev–Trinajstić information content (AvgIpc) is 2.02. The number of aliphatic hydroxyl groups is 4. The summed E-state index contributed by atoms with van der Waals surface area (Å²) in [6.07, 6.45) is -4.54. The van der Waals surface area contributed by atoms with Gasteiger partial charge in [0.1, 0.15) is 18.3 Å². The molecule has 0 saturated heterocycles. The predicted molar refractivity (Wildman–Crippen MR) is 42.4 cm³/mol. The number of rotatable bonds is 4. The van der Waals surface area contributed by atoms with Crippen LogP contribution in [0.15, 0.2) is 5.10 Å². The number of hydrazone groups is 1. The normalized spacial score (nSPS) is 22.1. The van der Waals surface area contributed by atoms with E-state index in [0.717, 1.165) is 6.21 Å². The molecule has 0 spiro atoms. The first-order valence-electron chi connectivity index (χ1n) is 3.46. The van der Waals surface area contributed by atoms with E-state index >= 15 is 0 Å². The molecule has 0 unspecified atom stereocenters. The van der Waals surface area contributed by atoms with Crippen LogP contribution in [0.1, 0.15) is 6.92 Å². The molecule has 0 radical (unpaired) electrons. The SMILES string of the molecule is C[C@H](O)[C@@H](O)[C@@H](O)[C@H](O)/C=N/N. The predicted octanol–water partition coefficient (Wildman–Crippen LogP) is -2.61. The van der Waals surface area contributed by atoms with Crippen molar-refractivity contribution in [2.75, 3.05) is 0 Å². The monoisotopic (exact) mass is 178 g/mol. The van der Waals surface area contributed by atoms with Crippen molar-refractivity contribution < 1.29 is 20.4 Å². The second-order valence-corrected chi connectivity index (χ2v) is 2.51. The van der Waals surface area contributed by atoms with Gasteiger partial charge in [-0.25, -0.2) is 0 Å². The first kappa shape index (κ1) is 11.3. The van der Waals surface area contributed by atoms with Crippen LogP contribution in [-0.4, -0.2) is 51.1 Å². The number of nitrogens with two attached hydrogens (primary N) is 1. The van der Waals surface area contributed by atoms with Gasteiger partial charge in [-0.15, -0.1) is 0 Å².